The third kappa shape index (κ3) is 5.29. The molecular weight excluding hydrogens is 422 g/mol. The predicted octanol–water partition coefficient (Wildman–Crippen LogP) is 4.77. The van der Waals surface area contributed by atoms with Crippen molar-refractivity contribution in [3.8, 4) is 11.5 Å². The second-order valence-corrected chi connectivity index (χ2v) is 7.19. The first-order valence-corrected chi connectivity index (χ1v) is 9.62. The molecule has 9 heteroatoms. The topological polar surface area (TPSA) is 96.5 Å². The summed E-state index contributed by atoms with van der Waals surface area (Å²) in [6.07, 6.45) is 4.56. The number of ether oxygens (including phenoxy) is 2. The second kappa shape index (κ2) is 9.44. The summed E-state index contributed by atoms with van der Waals surface area (Å²) in [5, 5.41) is 15.6. The molecule has 8 nitrogen and oxygen atoms in total. The summed E-state index contributed by atoms with van der Waals surface area (Å²) in [7, 11) is 3.21. The van der Waals surface area contributed by atoms with E-state index in [4.69, 9.17) is 21.1 Å². The van der Waals surface area contributed by atoms with Gasteiger partial charge in [-0.2, -0.15) is 5.10 Å². The van der Waals surface area contributed by atoms with Gasteiger partial charge in [0.2, 0.25) is 5.78 Å². The molecule has 0 atom stereocenters. The molecule has 0 saturated carbocycles. The van der Waals surface area contributed by atoms with Crippen LogP contribution in [-0.2, 0) is 13.7 Å². The van der Waals surface area contributed by atoms with Gasteiger partial charge in [0.25, 0.3) is 0 Å². The lowest BCUT2D eigenvalue weighted by Gasteiger charge is -2.12. The molecule has 0 unspecified atom stereocenters. The van der Waals surface area contributed by atoms with Gasteiger partial charge in [-0.3, -0.25) is 19.6 Å². The van der Waals surface area contributed by atoms with E-state index in [0.717, 1.165) is 11.1 Å². The number of rotatable bonds is 8. The van der Waals surface area contributed by atoms with Gasteiger partial charge in [-0.1, -0.05) is 29.8 Å². The second-order valence-electron chi connectivity index (χ2n) is 6.79. The zero-order valence-electron chi connectivity index (χ0n) is 17.2. The summed E-state index contributed by atoms with van der Waals surface area (Å²) in [4.78, 5) is 23.1. The number of allylic oxidation sites excluding steroid dienone is 1. The van der Waals surface area contributed by atoms with E-state index in [9.17, 15) is 14.9 Å². The molecule has 0 radical (unpaired) electrons. The van der Waals surface area contributed by atoms with Crippen LogP contribution >= 0.6 is 11.6 Å². The summed E-state index contributed by atoms with van der Waals surface area (Å²) >= 11 is 6.01. The van der Waals surface area contributed by atoms with Gasteiger partial charge in [0.05, 0.1) is 17.1 Å². The molecule has 1 aromatic heterocycles. The monoisotopic (exact) mass is 441 g/mol. The molecule has 3 rings (SSSR count). The van der Waals surface area contributed by atoms with Crippen molar-refractivity contribution >= 4 is 29.1 Å². The Kier molecular flexibility index (Phi) is 6.71. The van der Waals surface area contributed by atoms with Crippen molar-refractivity contribution in [3.63, 3.8) is 0 Å². The predicted molar refractivity (Wildman–Crippen MR) is 117 cm³/mol. The molecule has 0 saturated heterocycles. The first-order valence-electron chi connectivity index (χ1n) is 9.25. The van der Waals surface area contributed by atoms with Crippen LogP contribution in [0.1, 0.15) is 27.2 Å². The average molecular weight is 442 g/mol. The standard InChI is InChI=1S/C22H20ClN3O5/c1-14-4-7-18(26(28)29)21(10-14)31-13-16-11-15(6-9-20(16)30-3)5-8-19(27)22-17(23)12-25(2)24-22/h4-12H,13H2,1-3H3/b8-5+. The maximum atomic E-state index is 12.3. The molecule has 0 amide bonds. The summed E-state index contributed by atoms with van der Waals surface area (Å²) in [6, 6.07) is 9.98. The SMILES string of the molecule is COc1ccc(/C=C/C(=O)c2nn(C)cc2Cl)cc1COc1cc(C)ccc1[N+](=O)[O-]. The van der Waals surface area contributed by atoms with Gasteiger partial charge in [-0.25, -0.2) is 0 Å². The molecule has 0 aliphatic rings. The number of nitro benzene ring substituents is 1. The Morgan fingerprint density at radius 1 is 1.26 bits per heavy atom. The molecule has 0 N–H and O–H groups in total. The van der Waals surface area contributed by atoms with Crippen LogP contribution in [0.5, 0.6) is 11.5 Å². The maximum Gasteiger partial charge on any atom is 0.310 e. The quantitative estimate of drug-likeness (QED) is 0.216. The third-order valence-corrected chi connectivity index (χ3v) is 4.72. The van der Waals surface area contributed by atoms with Gasteiger partial charge in [-0.05, 0) is 42.3 Å². The van der Waals surface area contributed by atoms with Crippen molar-refractivity contribution in [1.82, 2.24) is 9.78 Å². The van der Waals surface area contributed by atoms with Crippen molar-refractivity contribution in [2.45, 2.75) is 13.5 Å². The van der Waals surface area contributed by atoms with Crippen LogP contribution in [0.3, 0.4) is 0 Å². The highest BCUT2D eigenvalue weighted by atomic mass is 35.5. The van der Waals surface area contributed by atoms with Crippen LogP contribution in [0, 0.1) is 17.0 Å². The smallest absolute Gasteiger partial charge is 0.310 e. The number of hydrogen-bond donors (Lipinski definition) is 0. The van der Waals surface area contributed by atoms with Crippen LogP contribution in [0.2, 0.25) is 5.02 Å². The van der Waals surface area contributed by atoms with Crippen molar-refractivity contribution in [1.29, 1.82) is 0 Å². The molecule has 1 heterocycles. The molecule has 0 aliphatic heterocycles. The van der Waals surface area contributed by atoms with Crippen molar-refractivity contribution in [3.05, 3.63) is 86.2 Å². The van der Waals surface area contributed by atoms with E-state index in [1.54, 1.807) is 49.7 Å². The number of aryl methyl sites for hydroxylation is 2. The minimum absolute atomic E-state index is 0.0508. The lowest BCUT2D eigenvalue weighted by Crippen LogP contribution is -2.02. The highest BCUT2D eigenvalue weighted by Crippen LogP contribution is 2.30. The van der Waals surface area contributed by atoms with Gasteiger partial charge in [0, 0.05) is 24.9 Å². The molecule has 160 valence electrons. The van der Waals surface area contributed by atoms with Gasteiger partial charge in [-0.15, -0.1) is 0 Å². The van der Waals surface area contributed by atoms with Gasteiger partial charge < -0.3 is 9.47 Å². The van der Waals surface area contributed by atoms with Crippen LogP contribution in [-0.4, -0.2) is 27.6 Å². The van der Waals surface area contributed by atoms with Crippen molar-refractivity contribution in [2.75, 3.05) is 7.11 Å². The normalized spacial score (nSPS) is 11.0. The average Bonchev–Trinajstić information content (AvgIpc) is 3.08. The minimum Gasteiger partial charge on any atom is -0.496 e. The third-order valence-electron chi connectivity index (χ3n) is 4.44. The fraction of sp³-hybridized carbons (Fsp3) is 0.182. The highest BCUT2D eigenvalue weighted by molar-refractivity contribution is 6.34. The Labute approximate surface area is 183 Å². The van der Waals surface area contributed by atoms with Crippen molar-refractivity contribution in [2.24, 2.45) is 7.05 Å². The molecule has 31 heavy (non-hydrogen) atoms. The number of carbonyl (C=O) groups excluding carboxylic acids is 1. The van der Waals surface area contributed by atoms with E-state index in [-0.39, 0.29) is 34.5 Å². The molecule has 2 aromatic carbocycles. The van der Waals surface area contributed by atoms with E-state index >= 15 is 0 Å². The zero-order valence-corrected chi connectivity index (χ0v) is 17.9. The molecule has 3 aromatic rings. The van der Waals surface area contributed by atoms with E-state index in [0.29, 0.717) is 11.3 Å². The van der Waals surface area contributed by atoms with Crippen molar-refractivity contribution < 1.29 is 19.2 Å². The number of halogens is 1. The number of carbonyl (C=O) groups is 1. The fourth-order valence-corrected chi connectivity index (χ4v) is 3.21. The molecule has 0 fully saturated rings. The van der Waals surface area contributed by atoms with Crippen LogP contribution < -0.4 is 9.47 Å². The number of ketones is 1. The van der Waals surface area contributed by atoms with Crippen LogP contribution in [0.15, 0.2) is 48.7 Å². The Morgan fingerprint density at radius 3 is 2.68 bits per heavy atom. The van der Waals surface area contributed by atoms with Crippen LogP contribution in [0.4, 0.5) is 5.69 Å². The van der Waals surface area contributed by atoms with Gasteiger partial charge in [0.15, 0.2) is 11.4 Å². The summed E-state index contributed by atoms with van der Waals surface area (Å²) in [5.41, 5.74) is 2.29. The zero-order chi connectivity index (χ0) is 22.5. The molecule has 0 aliphatic carbocycles. The molecular formula is C22H20ClN3O5. The van der Waals surface area contributed by atoms with E-state index in [2.05, 4.69) is 5.10 Å². The lowest BCUT2D eigenvalue weighted by molar-refractivity contribution is -0.386. The number of methoxy groups -OCH3 is 1. The largest absolute Gasteiger partial charge is 0.496 e. The first kappa shape index (κ1) is 22.0. The number of benzene rings is 2. The Balaban J connectivity index is 1.81. The van der Waals surface area contributed by atoms with E-state index < -0.39 is 4.92 Å². The first-order chi connectivity index (χ1) is 14.8. The summed E-state index contributed by atoms with van der Waals surface area (Å²) < 4.78 is 12.6. The van der Waals surface area contributed by atoms with E-state index in [1.807, 2.05) is 6.92 Å². The minimum atomic E-state index is -0.487. The molecule has 0 bridgehead atoms. The maximum absolute atomic E-state index is 12.3. The number of hydrogen-bond acceptors (Lipinski definition) is 6. The molecule has 0 spiro atoms. The number of nitrogens with zero attached hydrogens (tertiary/aromatic N) is 3. The number of nitro groups is 1. The Bertz CT molecular complexity index is 1170. The summed E-state index contributed by atoms with van der Waals surface area (Å²) in [5.74, 6) is 0.411. The Morgan fingerprint density at radius 2 is 2.03 bits per heavy atom. The van der Waals surface area contributed by atoms with E-state index in [1.165, 1.54) is 23.9 Å². The highest BCUT2D eigenvalue weighted by Gasteiger charge is 2.16. The fourth-order valence-electron chi connectivity index (χ4n) is 2.94. The Hall–Kier alpha value is -3.65. The van der Waals surface area contributed by atoms with Gasteiger partial charge in [0.1, 0.15) is 12.4 Å². The lowest BCUT2D eigenvalue weighted by atomic mass is 10.1. The summed E-state index contributed by atoms with van der Waals surface area (Å²) in [6.45, 7) is 1.88. The number of aromatic nitrogens is 2. The van der Waals surface area contributed by atoms with Gasteiger partial charge >= 0.3 is 5.69 Å². The van der Waals surface area contributed by atoms with Crippen LogP contribution in [0.25, 0.3) is 6.08 Å².